The maximum atomic E-state index is 12.2. The monoisotopic (exact) mass is 281 g/mol. The third-order valence-electron chi connectivity index (χ3n) is 4.03. The lowest BCUT2D eigenvalue weighted by Gasteiger charge is -2.43. The molecule has 1 amide bonds. The zero-order valence-corrected chi connectivity index (χ0v) is 11.9. The van der Waals surface area contributed by atoms with Crippen LogP contribution in [-0.2, 0) is 10.3 Å². The van der Waals surface area contributed by atoms with Gasteiger partial charge < -0.3 is 10.1 Å². The number of para-hydroxylation sites is 1. The van der Waals surface area contributed by atoms with Gasteiger partial charge in [0.05, 0.1) is 5.54 Å². The predicted molar refractivity (Wildman–Crippen MR) is 82.1 cm³/mol. The molecule has 0 aromatic heterocycles. The predicted octanol–water partition coefficient (Wildman–Crippen LogP) is 3.26. The summed E-state index contributed by atoms with van der Waals surface area (Å²) in [7, 11) is 0. The first-order valence-corrected chi connectivity index (χ1v) is 7.33. The summed E-state index contributed by atoms with van der Waals surface area (Å²) < 4.78 is 5.51. The van der Waals surface area contributed by atoms with Crippen LogP contribution in [0.3, 0.4) is 0 Å². The van der Waals surface area contributed by atoms with Crippen LogP contribution < -0.4 is 10.1 Å². The average Bonchev–Trinajstić information content (AvgIpc) is 2.51. The van der Waals surface area contributed by atoms with Gasteiger partial charge in [-0.05, 0) is 37.0 Å². The summed E-state index contributed by atoms with van der Waals surface area (Å²) in [5, 5.41) is 3.15. The van der Waals surface area contributed by atoms with Crippen LogP contribution in [0.5, 0.6) is 5.75 Å². The van der Waals surface area contributed by atoms with Gasteiger partial charge in [-0.3, -0.25) is 4.79 Å². The molecule has 0 unspecified atom stereocenters. The van der Waals surface area contributed by atoms with E-state index >= 15 is 0 Å². The number of carbonyl (C=O) groups excluding carboxylic acids is 1. The van der Waals surface area contributed by atoms with Crippen LogP contribution in [0.1, 0.15) is 24.8 Å². The SMILES string of the molecule is O=C(COc1ccccc1)NC1(c2ccccc2)CCC1. The first-order chi connectivity index (χ1) is 10.3. The van der Waals surface area contributed by atoms with Gasteiger partial charge in [-0.25, -0.2) is 0 Å². The Kier molecular flexibility index (Phi) is 3.91. The molecule has 0 atom stereocenters. The van der Waals surface area contributed by atoms with Crippen molar-refractivity contribution >= 4 is 5.91 Å². The van der Waals surface area contributed by atoms with E-state index in [2.05, 4.69) is 17.4 Å². The summed E-state index contributed by atoms with van der Waals surface area (Å²) in [4.78, 5) is 12.2. The molecule has 1 N–H and O–H groups in total. The zero-order valence-electron chi connectivity index (χ0n) is 11.9. The topological polar surface area (TPSA) is 38.3 Å². The lowest BCUT2D eigenvalue weighted by Crippen LogP contribution is -2.52. The Morgan fingerprint density at radius 1 is 1.00 bits per heavy atom. The molecule has 0 aliphatic heterocycles. The second kappa shape index (κ2) is 6.00. The Labute approximate surface area is 124 Å². The average molecular weight is 281 g/mol. The van der Waals surface area contributed by atoms with Gasteiger partial charge in [-0.1, -0.05) is 48.5 Å². The summed E-state index contributed by atoms with van der Waals surface area (Å²) in [6.45, 7) is 0.0542. The van der Waals surface area contributed by atoms with E-state index in [0.717, 1.165) is 25.0 Å². The Balaban J connectivity index is 1.61. The number of hydrogen-bond acceptors (Lipinski definition) is 2. The number of hydrogen-bond donors (Lipinski definition) is 1. The number of rotatable bonds is 5. The highest BCUT2D eigenvalue weighted by Crippen LogP contribution is 2.41. The summed E-state index contributed by atoms with van der Waals surface area (Å²) in [5.74, 6) is 0.650. The van der Waals surface area contributed by atoms with Crippen molar-refractivity contribution in [3.8, 4) is 5.75 Å². The third-order valence-corrected chi connectivity index (χ3v) is 4.03. The Morgan fingerprint density at radius 3 is 2.19 bits per heavy atom. The molecule has 1 aliphatic rings. The summed E-state index contributed by atoms with van der Waals surface area (Å²) in [6, 6.07) is 19.6. The Morgan fingerprint density at radius 2 is 1.62 bits per heavy atom. The fraction of sp³-hybridized carbons (Fsp3) is 0.278. The van der Waals surface area contributed by atoms with Gasteiger partial charge in [0.15, 0.2) is 6.61 Å². The van der Waals surface area contributed by atoms with Crippen LogP contribution in [0.2, 0.25) is 0 Å². The molecule has 3 heteroatoms. The van der Waals surface area contributed by atoms with Gasteiger partial charge in [-0.15, -0.1) is 0 Å². The van der Waals surface area contributed by atoms with Crippen LogP contribution in [0.25, 0.3) is 0 Å². The molecule has 1 fully saturated rings. The molecule has 108 valence electrons. The van der Waals surface area contributed by atoms with Crippen molar-refractivity contribution in [3.63, 3.8) is 0 Å². The van der Waals surface area contributed by atoms with Crippen molar-refractivity contribution in [3.05, 3.63) is 66.2 Å². The van der Waals surface area contributed by atoms with E-state index in [9.17, 15) is 4.79 Å². The van der Waals surface area contributed by atoms with Crippen molar-refractivity contribution in [1.82, 2.24) is 5.32 Å². The molecule has 3 nitrogen and oxygen atoms in total. The van der Waals surface area contributed by atoms with E-state index in [-0.39, 0.29) is 18.1 Å². The van der Waals surface area contributed by atoms with Crippen molar-refractivity contribution in [2.75, 3.05) is 6.61 Å². The molecular weight excluding hydrogens is 262 g/mol. The van der Waals surface area contributed by atoms with Gasteiger partial charge >= 0.3 is 0 Å². The maximum Gasteiger partial charge on any atom is 0.258 e. The standard InChI is InChI=1S/C18H19NO2/c20-17(14-21-16-10-5-2-6-11-16)19-18(12-7-13-18)15-8-3-1-4-9-15/h1-6,8-11H,7,12-14H2,(H,19,20). The van der Waals surface area contributed by atoms with Crippen LogP contribution in [0, 0.1) is 0 Å². The molecule has 0 radical (unpaired) electrons. The van der Waals surface area contributed by atoms with E-state index in [1.54, 1.807) is 0 Å². The molecule has 0 spiro atoms. The molecule has 1 saturated carbocycles. The van der Waals surface area contributed by atoms with Crippen LogP contribution in [-0.4, -0.2) is 12.5 Å². The van der Waals surface area contributed by atoms with Crippen molar-refractivity contribution < 1.29 is 9.53 Å². The van der Waals surface area contributed by atoms with Crippen molar-refractivity contribution in [2.45, 2.75) is 24.8 Å². The number of nitrogens with one attached hydrogen (secondary N) is 1. The highest BCUT2D eigenvalue weighted by atomic mass is 16.5. The zero-order chi connectivity index (χ0) is 14.5. The normalized spacial score (nSPS) is 15.8. The highest BCUT2D eigenvalue weighted by Gasteiger charge is 2.39. The minimum absolute atomic E-state index is 0.0542. The molecule has 21 heavy (non-hydrogen) atoms. The van der Waals surface area contributed by atoms with Crippen LogP contribution in [0.15, 0.2) is 60.7 Å². The lowest BCUT2D eigenvalue weighted by atomic mass is 9.72. The Hall–Kier alpha value is -2.29. The second-order valence-corrected chi connectivity index (χ2v) is 5.45. The molecule has 0 saturated heterocycles. The first-order valence-electron chi connectivity index (χ1n) is 7.33. The minimum atomic E-state index is -0.196. The van der Waals surface area contributed by atoms with Gasteiger partial charge in [0.1, 0.15) is 5.75 Å². The minimum Gasteiger partial charge on any atom is -0.484 e. The van der Waals surface area contributed by atoms with Crippen LogP contribution in [0.4, 0.5) is 0 Å². The first kappa shape index (κ1) is 13.7. The van der Waals surface area contributed by atoms with Gasteiger partial charge in [-0.2, -0.15) is 0 Å². The van der Waals surface area contributed by atoms with E-state index < -0.39 is 0 Å². The molecule has 3 rings (SSSR count). The molecule has 1 aliphatic carbocycles. The fourth-order valence-corrected chi connectivity index (χ4v) is 2.74. The molecule has 2 aromatic rings. The number of ether oxygens (including phenoxy) is 1. The van der Waals surface area contributed by atoms with Gasteiger partial charge in [0, 0.05) is 0 Å². The van der Waals surface area contributed by atoms with Crippen LogP contribution >= 0.6 is 0 Å². The third kappa shape index (κ3) is 3.07. The second-order valence-electron chi connectivity index (χ2n) is 5.45. The van der Waals surface area contributed by atoms with Crippen molar-refractivity contribution in [2.24, 2.45) is 0 Å². The number of carbonyl (C=O) groups is 1. The van der Waals surface area contributed by atoms with Crippen molar-refractivity contribution in [1.29, 1.82) is 0 Å². The van der Waals surface area contributed by atoms with E-state index in [4.69, 9.17) is 4.74 Å². The van der Waals surface area contributed by atoms with E-state index in [1.807, 2.05) is 48.5 Å². The molecule has 2 aromatic carbocycles. The smallest absolute Gasteiger partial charge is 0.258 e. The molecule has 0 bridgehead atoms. The molecular formula is C18H19NO2. The Bertz CT molecular complexity index is 591. The summed E-state index contributed by atoms with van der Waals surface area (Å²) in [5.41, 5.74) is 0.989. The fourth-order valence-electron chi connectivity index (χ4n) is 2.74. The summed E-state index contributed by atoms with van der Waals surface area (Å²) >= 11 is 0. The maximum absolute atomic E-state index is 12.2. The van der Waals surface area contributed by atoms with E-state index in [1.165, 1.54) is 5.56 Å². The number of amides is 1. The highest BCUT2D eigenvalue weighted by molar-refractivity contribution is 5.78. The molecule has 0 heterocycles. The van der Waals surface area contributed by atoms with Gasteiger partial charge in [0.25, 0.3) is 5.91 Å². The van der Waals surface area contributed by atoms with E-state index in [0.29, 0.717) is 0 Å². The van der Waals surface area contributed by atoms with Gasteiger partial charge in [0.2, 0.25) is 0 Å². The summed E-state index contributed by atoms with van der Waals surface area (Å²) in [6.07, 6.45) is 3.14. The lowest BCUT2D eigenvalue weighted by molar-refractivity contribution is -0.126. The quantitative estimate of drug-likeness (QED) is 0.913. The largest absolute Gasteiger partial charge is 0.484 e. The number of benzene rings is 2.